The van der Waals surface area contributed by atoms with E-state index in [4.69, 9.17) is 25.8 Å². The average Bonchev–Trinajstić information content (AvgIpc) is 3.48. The van der Waals surface area contributed by atoms with Crippen LogP contribution in [0.25, 0.3) is 16.7 Å². The van der Waals surface area contributed by atoms with E-state index in [1.807, 2.05) is 24.4 Å². The number of nitrogens with one attached hydrogen (secondary N) is 1. The van der Waals surface area contributed by atoms with E-state index in [0.717, 1.165) is 22.2 Å². The largest absolute Gasteiger partial charge is 0.507 e. The minimum Gasteiger partial charge on any atom is -0.507 e. The molecule has 0 spiro atoms. The molecule has 1 fully saturated rings. The monoisotopic (exact) mass is 546 g/mol. The van der Waals surface area contributed by atoms with E-state index in [9.17, 15) is 14.7 Å². The number of benzene rings is 3. The van der Waals surface area contributed by atoms with E-state index in [1.165, 1.54) is 19.1 Å². The highest BCUT2D eigenvalue weighted by molar-refractivity contribution is 6.47. The summed E-state index contributed by atoms with van der Waals surface area (Å²) < 4.78 is 16.0. The Labute approximate surface area is 230 Å². The molecule has 0 aliphatic carbocycles. The molecule has 9 heteroatoms. The van der Waals surface area contributed by atoms with Crippen molar-refractivity contribution in [3.05, 3.63) is 94.1 Å². The Balaban J connectivity index is 1.58. The van der Waals surface area contributed by atoms with Crippen LogP contribution in [-0.2, 0) is 16.0 Å². The number of methoxy groups -OCH3 is 3. The molecule has 0 bridgehead atoms. The van der Waals surface area contributed by atoms with Crippen LogP contribution in [0.2, 0.25) is 5.02 Å². The Bertz CT molecular complexity index is 1610. The van der Waals surface area contributed by atoms with E-state index in [0.29, 0.717) is 34.1 Å². The maximum Gasteiger partial charge on any atom is 0.295 e. The number of rotatable bonds is 8. The van der Waals surface area contributed by atoms with Crippen LogP contribution >= 0.6 is 11.6 Å². The maximum absolute atomic E-state index is 13.4. The molecule has 1 unspecified atom stereocenters. The zero-order valence-corrected chi connectivity index (χ0v) is 22.4. The lowest BCUT2D eigenvalue weighted by Gasteiger charge is -2.26. The number of ketones is 1. The summed E-state index contributed by atoms with van der Waals surface area (Å²) in [4.78, 5) is 31.5. The summed E-state index contributed by atoms with van der Waals surface area (Å²) in [6, 6.07) is 16.6. The van der Waals surface area contributed by atoms with Crippen LogP contribution in [0.4, 0.5) is 0 Å². The van der Waals surface area contributed by atoms with Crippen molar-refractivity contribution in [3.63, 3.8) is 0 Å². The lowest BCUT2D eigenvalue weighted by molar-refractivity contribution is -0.139. The number of fused-ring (bicyclic) bond motifs is 1. The molecule has 0 saturated carbocycles. The smallest absolute Gasteiger partial charge is 0.295 e. The standard InChI is InChI=1S/C30H27ClN2O6/c1-37-19-9-10-23-21(15-19)18(16-32-23)12-13-33-27(20-6-4-5-7-22(20)31)26(29(35)30(33)36)28(34)17-8-11-24(38-2)25(14-17)39-3/h4-11,14-16,27,32,34H,12-13H2,1-3H3/b28-26-. The molecule has 1 atom stereocenters. The van der Waals surface area contributed by atoms with Crippen LogP contribution in [0.3, 0.4) is 0 Å². The normalized spacial score (nSPS) is 16.6. The molecule has 200 valence electrons. The molecule has 4 aromatic rings. The van der Waals surface area contributed by atoms with Gasteiger partial charge in [0.05, 0.1) is 32.9 Å². The van der Waals surface area contributed by atoms with Gasteiger partial charge < -0.3 is 29.2 Å². The molecule has 0 radical (unpaired) electrons. The SMILES string of the molecule is COc1ccc2[nH]cc(CCN3C(=O)C(=O)/C(=C(\O)c4ccc(OC)c(OC)c4)C3c3ccccc3Cl)c2c1. The summed E-state index contributed by atoms with van der Waals surface area (Å²) in [5, 5.41) is 12.7. The zero-order chi connectivity index (χ0) is 27.7. The quantitative estimate of drug-likeness (QED) is 0.172. The minimum atomic E-state index is -0.883. The van der Waals surface area contributed by atoms with Gasteiger partial charge in [-0.2, -0.15) is 0 Å². The van der Waals surface area contributed by atoms with Gasteiger partial charge in [-0.3, -0.25) is 9.59 Å². The van der Waals surface area contributed by atoms with Crippen LogP contribution in [0, 0.1) is 0 Å². The summed E-state index contributed by atoms with van der Waals surface area (Å²) in [6.45, 7) is 0.216. The number of carbonyl (C=O) groups is 2. The Hall–Kier alpha value is -4.43. The second kappa shape index (κ2) is 10.7. The number of aromatic nitrogens is 1. The molecule has 1 aromatic heterocycles. The minimum absolute atomic E-state index is 0.0408. The van der Waals surface area contributed by atoms with E-state index < -0.39 is 17.7 Å². The Morgan fingerprint density at radius 3 is 2.46 bits per heavy atom. The number of aliphatic hydroxyl groups is 1. The number of carbonyl (C=O) groups excluding carboxylic acids is 2. The summed E-state index contributed by atoms with van der Waals surface area (Å²) >= 11 is 6.57. The van der Waals surface area contributed by atoms with Gasteiger partial charge in [-0.1, -0.05) is 29.8 Å². The van der Waals surface area contributed by atoms with Crippen LogP contribution in [0.1, 0.15) is 22.7 Å². The number of amides is 1. The maximum atomic E-state index is 13.4. The molecule has 1 aliphatic heterocycles. The van der Waals surface area contributed by atoms with Crippen molar-refractivity contribution in [1.29, 1.82) is 0 Å². The number of hydrogen-bond acceptors (Lipinski definition) is 6. The lowest BCUT2D eigenvalue weighted by atomic mass is 9.95. The molecule has 2 heterocycles. The fourth-order valence-electron chi connectivity index (χ4n) is 5.00. The molecule has 8 nitrogen and oxygen atoms in total. The highest BCUT2D eigenvalue weighted by Gasteiger charge is 2.46. The number of nitrogens with zero attached hydrogens (tertiary/aromatic N) is 1. The van der Waals surface area contributed by atoms with Gasteiger partial charge in [-0.05, 0) is 60.0 Å². The summed E-state index contributed by atoms with van der Waals surface area (Å²) in [5.74, 6) is -0.257. The van der Waals surface area contributed by atoms with Crippen molar-refractivity contribution in [3.8, 4) is 17.2 Å². The predicted octanol–water partition coefficient (Wildman–Crippen LogP) is 5.51. The van der Waals surface area contributed by atoms with Crippen LogP contribution in [-0.4, -0.2) is 54.6 Å². The van der Waals surface area contributed by atoms with Gasteiger partial charge in [0, 0.05) is 34.2 Å². The van der Waals surface area contributed by atoms with Crippen LogP contribution in [0.15, 0.2) is 72.4 Å². The van der Waals surface area contributed by atoms with Gasteiger partial charge in [0.25, 0.3) is 11.7 Å². The summed E-state index contributed by atoms with van der Waals surface area (Å²) in [7, 11) is 4.59. The Morgan fingerprint density at radius 1 is 0.974 bits per heavy atom. The topological polar surface area (TPSA) is 101 Å². The summed E-state index contributed by atoms with van der Waals surface area (Å²) in [5.41, 5.74) is 2.71. The van der Waals surface area contributed by atoms with Gasteiger partial charge >= 0.3 is 0 Å². The molecule has 1 amide bonds. The fourth-order valence-corrected chi connectivity index (χ4v) is 5.24. The number of H-pyrrole nitrogens is 1. The van der Waals surface area contributed by atoms with Gasteiger partial charge in [-0.15, -0.1) is 0 Å². The van der Waals surface area contributed by atoms with Crippen molar-refractivity contribution in [1.82, 2.24) is 9.88 Å². The molecular weight excluding hydrogens is 520 g/mol. The molecule has 3 aromatic carbocycles. The highest BCUT2D eigenvalue weighted by atomic mass is 35.5. The fraction of sp³-hybridized carbons (Fsp3) is 0.200. The first-order valence-electron chi connectivity index (χ1n) is 12.3. The van der Waals surface area contributed by atoms with Crippen molar-refractivity contribution in [2.75, 3.05) is 27.9 Å². The van der Waals surface area contributed by atoms with Crippen LogP contribution in [0.5, 0.6) is 17.2 Å². The highest BCUT2D eigenvalue weighted by Crippen LogP contribution is 2.43. The first-order chi connectivity index (χ1) is 18.9. The van der Waals surface area contributed by atoms with E-state index in [2.05, 4.69) is 4.98 Å². The summed E-state index contributed by atoms with van der Waals surface area (Å²) in [6.07, 6.45) is 2.34. The van der Waals surface area contributed by atoms with E-state index >= 15 is 0 Å². The lowest BCUT2D eigenvalue weighted by Crippen LogP contribution is -2.31. The number of aromatic amines is 1. The van der Waals surface area contributed by atoms with Crippen molar-refractivity contribution >= 4 is 40.0 Å². The average molecular weight is 547 g/mol. The molecule has 1 aliphatic rings. The number of aliphatic hydroxyl groups excluding tert-OH is 1. The van der Waals surface area contributed by atoms with Gasteiger partial charge in [0.15, 0.2) is 11.5 Å². The van der Waals surface area contributed by atoms with E-state index in [1.54, 1.807) is 49.6 Å². The Morgan fingerprint density at radius 2 is 1.74 bits per heavy atom. The second-order valence-electron chi connectivity index (χ2n) is 9.06. The molecule has 2 N–H and O–H groups in total. The second-order valence-corrected chi connectivity index (χ2v) is 9.47. The number of Topliss-reactive ketones (excluding diaryl/α,β-unsaturated/α-hetero) is 1. The van der Waals surface area contributed by atoms with Gasteiger partial charge in [-0.25, -0.2) is 0 Å². The van der Waals surface area contributed by atoms with E-state index in [-0.39, 0.29) is 17.9 Å². The third-order valence-electron chi connectivity index (χ3n) is 6.99. The first kappa shape index (κ1) is 26.2. The number of likely N-dealkylation sites (tertiary alicyclic amines) is 1. The molecule has 5 rings (SSSR count). The zero-order valence-electron chi connectivity index (χ0n) is 21.7. The van der Waals surface area contributed by atoms with Gasteiger partial charge in [0.2, 0.25) is 0 Å². The van der Waals surface area contributed by atoms with Crippen molar-refractivity contribution in [2.45, 2.75) is 12.5 Å². The molecular formula is C30H27ClN2O6. The van der Waals surface area contributed by atoms with Crippen molar-refractivity contribution in [2.24, 2.45) is 0 Å². The third-order valence-corrected chi connectivity index (χ3v) is 7.34. The number of hydrogen-bond donors (Lipinski definition) is 2. The molecule has 39 heavy (non-hydrogen) atoms. The van der Waals surface area contributed by atoms with Crippen molar-refractivity contribution < 1.29 is 28.9 Å². The third kappa shape index (κ3) is 4.68. The Kier molecular flexibility index (Phi) is 7.21. The van der Waals surface area contributed by atoms with Gasteiger partial charge in [0.1, 0.15) is 11.5 Å². The van der Waals surface area contributed by atoms with Crippen LogP contribution < -0.4 is 14.2 Å². The predicted molar refractivity (Wildman–Crippen MR) is 149 cm³/mol. The first-order valence-corrected chi connectivity index (χ1v) is 12.6. The molecule has 1 saturated heterocycles. The number of halogens is 1. The number of ether oxygens (including phenoxy) is 3.